The molecule has 3 heterocycles. The maximum Gasteiger partial charge on any atom is 0.273 e. The van der Waals surface area contributed by atoms with Crippen LogP contribution in [0.4, 0.5) is 0 Å². The lowest BCUT2D eigenvalue weighted by Gasteiger charge is -2.32. The van der Waals surface area contributed by atoms with Gasteiger partial charge in [-0.05, 0) is 37.1 Å². The monoisotopic (exact) mass is 434 g/mol. The first-order valence-corrected chi connectivity index (χ1v) is 11.3. The van der Waals surface area contributed by atoms with Crippen LogP contribution in [0.15, 0.2) is 58.1 Å². The molecule has 4 aromatic rings. The molecule has 0 aliphatic carbocycles. The highest BCUT2D eigenvalue weighted by molar-refractivity contribution is 7.18. The number of hydrogen-bond acceptors (Lipinski definition) is 5. The third kappa shape index (κ3) is 3.79. The molecular formula is C23H22N4O3S. The number of aryl methyl sites for hydroxylation is 1. The standard InChI is InChI=1S/C23H22N4O3S/c28-20(11-13-27-23(30)17-8-2-1-7-16(17)21(29)25-27)26-12-5-6-15(14-26)22-24-18-9-3-4-10-19(18)31-22/h1-4,7-10,15H,5-6,11-14H2,(H,25,29)/t15-/m0/s1. The molecule has 0 saturated carbocycles. The Morgan fingerprint density at radius 1 is 1.10 bits per heavy atom. The number of piperidine rings is 1. The van der Waals surface area contributed by atoms with E-state index in [2.05, 4.69) is 11.2 Å². The summed E-state index contributed by atoms with van der Waals surface area (Å²) in [5.41, 5.74) is 0.399. The second-order valence-corrected chi connectivity index (χ2v) is 8.95. The summed E-state index contributed by atoms with van der Waals surface area (Å²) in [6.45, 7) is 1.51. The Morgan fingerprint density at radius 3 is 2.71 bits per heavy atom. The van der Waals surface area contributed by atoms with E-state index in [1.165, 1.54) is 9.38 Å². The van der Waals surface area contributed by atoms with Crippen LogP contribution in [0.5, 0.6) is 0 Å². The molecule has 1 fully saturated rings. The van der Waals surface area contributed by atoms with Gasteiger partial charge in [-0.1, -0.05) is 24.3 Å². The number of amides is 1. The Balaban J connectivity index is 1.29. The first kappa shape index (κ1) is 19.7. The van der Waals surface area contributed by atoms with Gasteiger partial charge in [0, 0.05) is 25.4 Å². The van der Waals surface area contributed by atoms with E-state index in [0.29, 0.717) is 23.9 Å². The van der Waals surface area contributed by atoms with Crippen LogP contribution >= 0.6 is 11.3 Å². The molecule has 5 rings (SSSR count). The molecular weight excluding hydrogens is 412 g/mol. The summed E-state index contributed by atoms with van der Waals surface area (Å²) in [4.78, 5) is 44.4. The zero-order valence-electron chi connectivity index (χ0n) is 16.9. The molecule has 1 aliphatic rings. The van der Waals surface area contributed by atoms with E-state index in [0.717, 1.165) is 23.4 Å². The van der Waals surface area contributed by atoms with Gasteiger partial charge in [0.1, 0.15) is 0 Å². The predicted octanol–water partition coefficient (Wildman–Crippen LogP) is 3.10. The number of nitrogens with one attached hydrogen (secondary N) is 1. The zero-order chi connectivity index (χ0) is 21.4. The van der Waals surface area contributed by atoms with Crippen molar-refractivity contribution in [1.82, 2.24) is 19.7 Å². The second-order valence-electron chi connectivity index (χ2n) is 7.89. The van der Waals surface area contributed by atoms with Crippen molar-refractivity contribution >= 4 is 38.2 Å². The maximum atomic E-state index is 12.9. The van der Waals surface area contributed by atoms with Crippen LogP contribution in [0.2, 0.25) is 0 Å². The van der Waals surface area contributed by atoms with E-state index in [4.69, 9.17) is 4.98 Å². The molecule has 1 saturated heterocycles. The molecule has 0 spiro atoms. The number of hydrogen-bond donors (Lipinski definition) is 1. The van der Waals surface area contributed by atoms with Crippen LogP contribution in [0.1, 0.15) is 30.2 Å². The van der Waals surface area contributed by atoms with Crippen LogP contribution in [0, 0.1) is 0 Å². The number of aromatic amines is 1. The molecule has 0 bridgehead atoms. The summed E-state index contributed by atoms with van der Waals surface area (Å²) in [6, 6.07) is 14.8. The summed E-state index contributed by atoms with van der Waals surface area (Å²) >= 11 is 1.70. The Morgan fingerprint density at radius 2 is 1.87 bits per heavy atom. The number of aromatic nitrogens is 3. The number of rotatable bonds is 4. The fraction of sp³-hybridized carbons (Fsp3) is 0.304. The van der Waals surface area contributed by atoms with Crippen molar-refractivity contribution in [3.8, 4) is 0 Å². The minimum Gasteiger partial charge on any atom is -0.342 e. The minimum absolute atomic E-state index is 0.00767. The Labute approximate surface area is 181 Å². The van der Waals surface area contributed by atoms with Crippen molar-refractivity contribution in [3.63, 3.8) is 0 Å². The van der Waals surface area contributed by atoms with Gasteiger partial charge in [-0.2, -0.15) is 0 Å². The fourth-order valence-corrected chi connectivity index (χ4v) is 5.33. The number of H-pyrrole nitrogens is 1. The number of carbonyl (C=O) groups is 1. The summed E-state index contributed by atoms with van der Waals surface area (Å²) in [5.74, 6) is 0.227. The molecule has 1 N–H and O–H groups in total. The summed E-state index contributed by atoms with van der Waals surface area (Å²) in [7, 11) is 0. The molecule has 2 aromatic carbocycles. The summed E-state index contributed by atoms with van der Waals surface area (Å²) in [5, 5.41) is 4.41. The van der Waals surface area contributed by atoms with Gasteiger partial charge in [-0.15, -0.1) is 11.3 Å². The second kappa shape index (κ2) is 8.11. The normalized spacial score (nSPS) is 16.8. The first-order valence-electron chi connectivity index (χ1n) is 10.5. The van der Waals surface area contributed by atoms with Crippen LogP contribution < -0.4 is 11.1 Å². The maximum absolute atomic E-state index is 12.9. The Hall–Kier alpha value is -3.26. The molecule has 1 aliphatic heterocycles. The molecule has 7 nitrogen and oxygen atoms in total. The molecule has 31 heavy (non-hydrogen) atoms. The number of thiazole rings is 1. The molecule has 8 heteroatoms. The van der Waals surface area contributed by atoms with Gasteiger partial charge < -0.3 is 4.90 Å². The number of fused-ring (bicyclic) bond motifs is 2. The number of para-hydroxylation sites is 1. The highest BCUT2D eigenvalue weighted by atomic mass is 32.1. The van der Waals surface area contributed by atoms with E-state index >= 15 is 0 Å². The van der Waals surface area contributed by atoms with Gasteiger partial charge in [0.2, 0.25) is 5.91 Å². The number of carbonyl (C=O) groups excluding carboxylic acids is 1. The number of likely N-dealkylation sites (tertiary alicyclic amines) is 1. The lowest BCUT2D eigenvalue weighted by molar-refractivity contribution is -0.132. The molecule has 0 unspecified atom stereocenters. The van der Waals surface area contributed by atoms with Gasteiger partial charge in [-0.25, -0.2) is 9.67 Å². The van der Waals surface area contributed by atoms with Gasteiger partial charge in [0.25, 0.3) is 11.1 Å². The molecule has 1 atom stereocenters. The molecule has 158 valence electrons. The van der Waals surface area contributed by atoms with Crippen molar-refractivity contribution in [2.75, 3.05) is 13.1 Å². The van der Waals surface area contributed by atoms with E-state index in [9.17, 15) is 14.4 Å². The van der Waals surface area contributed by atoms with Crippen molar-refractivity contribution in [3.05, 3.63) is 74.2 Å². The average Bonchev–Trinajstić information content (AvgIpc) is 3.25. The predicted molar refractivity (Wildman–Crippen MR) is 122 cm³/mol. The van der Waals surface area contributed by atoms with Crippen molar-refractivity contribution in [2.24, 2.45) is 0 Å². The SMILES string of the molecule is O=C(CCn1[nH]c(=O)c2ccccc2c1=O)N1CCC[C@H](c2nc3ccccc3s2)C1. The topological polar surface area (TPSA) is 88.1 Å². The van der Waals surface area contributed by atoms with Crippen LogP contribution in [0.25, 0.3) is 21.0 Å². The third-order valence-electron chi connectivity index (χ3n) is 5.87. The average molecular weight is 435 g/mol. The van der Waals surface area contributed by atoms with Crippen LogP contribution in [-0.2, 0) is 11.3 Å². The minimum atomic E-state index is -0.323. The zero-order valence-corrected chi connectivity index (χ0v) is 17.7. The summed E-state index contributed by atoms with van der Waals surface area (Å²) in [6.07, 6.45) is 2.11. The van der Waals surface area contributed by atoms with Crippen molar-refractivity contribution < 1.29 is 4.79 Å². The molecule has 0 radical (unpaired) electrons. The fourth-order valence-electron chi connectivity index (χ4n) is 4.24. The van der Waals surface area contributed by atoms with E-state index in [1.54, 1.807) is 35.6 Å². The van der Waals surface area contributed by atoms with Crippen molar-refractivity contribution in [1.29, 1.82) is 0 Å². The number of benzene rings is 2. The van der Waals surface area contributed by atoms with Crippen LogP contribution in [-0.4, -0.2) is 38.7 Å². The quantitative estimate of drug-likeness (QED) is 0.535. The van der Waals surface area contributed by atoms with E-state index < -0.39 is 0 Å². The smallest absolute Gasteiger partial charge is 0.273 e. The number of nitrogens with zero attached hydrogens (tertiary/aromatic N) is 3. The molecule has 2 aromatic heterocycles. The first-order chi connectivity index (χ1) is 15.1. The van der Waals surface area contributed by atoms with E-state index in [-0.39, 0.29) is 35.9 Å². The van der Waals surface area contributed by atoms with E-state index in [1.807, 2.05) is 23.1 Å². The van der Waals surface area contributed by atoms with Gasteiger partial charge in [0.15, 0.2) is 0 Å². The highest BCUT2D eigenvalue weighted by Gasteiger charge is 2.27. The van der Waals surface area contributed by atoms with Gasteiger partial charge in [0.05, 0.1) is 32.5 Å². The third-order valence-corrected chi connectivity index (χ3v) is 7.07. The molecule has 1 amide bonds. The summed E-state index contributed by atoms with van der Waals surface area (Å²) < 4.78 is 2.41. The largest absolute Gasteiger partial charge is 0.342 e. The van der Waals surface area contributed by atoms with Crippen molar-refractivity contribution in [2.45, 2.75) is 31.7 Å². The highest BCUT2D eigenvalue weighted by Crippen LogP contribution is 2.33. The Kier molecular flexibility index (Phi) is 5.15. The Bertz CT molecular complexity index is 1350. The van der Waals surface area contributed by atoms with Gasteiger partial charge >= 0.3 is 0 Å². The van der Waals surface area contributed by atoms with Crippen LogP contribution in [0.3, 0.4) is 0 Å². The van der Waals surface area contributed by atoms with Gasteiger partial charge in [-0.3, -0.25) is 19.5 Å². The lowest BCUT2D eigenvalue weighted by Crippen LogP contribution is -2.40. The lowest BCUT2D eigenvalue weighted by atomic mass is 9.98.